The molecule has 7 heteroatoms. The molecular weight excluding hydrogens is 314 g/mol. The molecule has 1 aromatic heterocycles. The van der Waals surface area contributed by atoms with Crippen LogP contribution < -0.4 is 0 Å². The summed E-state index contributed by atoms with van der Waals surface area (Å²) in [7, 11) is 0. The second-order valence-electron chi connectivity index (χ2n) is 6.71. The smallest absolute Gasteiger partial charge is 0.247 e. The normalized spacial score (nSPS) is 31.5. The van der Waals surface area contributed by atoms with Crippen molar-refractivity contribution in [3.63, 3.8) is 0 Å². The Balaban J connectivity index is 1.51. The molecule has 3 aliphatic rings. The monoisotopic (exact) mass is 335 g/mol. The second kappa shape index (κ2) is 5.58. The quantitative estimate of drug-likeness (QED) is 0.829. The minimum absolute atomic E-state index is 0.00116. The Hall–Kier alpha value is -1.44. The molecule has 23 heavy (non-hydrogen) atoms. The van der Waals surface area contributed by atoms with Gasteiger partial charge in [-0.2, -0.15) is 0 Å². The predicted octanol–water partition coefficient (Wildman–Crippen LogP) is 0.0447. The number of hydrogen-bond donors (Lipinski definition) is 1. The lowest BCUT2D eigenvalue weighted by molar-refractivity contribution is -0.163. The predicted molar refractivity (Wildman–Crippen MR) is 86.0 cm³/mol. The van der Waals surface area contributed by atoms with Crippen LogP contribution in [-0.4, -0.2) is 76.0 Å². The lowest BCUT2D eigenvalue weighted by Crippen LogP contribution is -2.68. The molecular formula is C16H21N3O3S. The summed E-state index contributed by atoms with van der Waals surface area (Å²) in [6.07, 6.45) is -0.189. The maximum Gasteiger partial charge on any atom is 0.247 e. The van der Waals surface area contributed by atoms with Crippen molar-refractivity contribution < 1.29 is 14.7 Å². The van der Waals surface area contributed by atoms with Gasteiger partial charge in [0.25, 0.3) is 0 Å². The molecule has 0 unspecified atom stereocenters. The summed E-state index contributed by atoms with van der Waals surface area (Å²) < 4.78 is 0. The van der Waals surface area contributed by atoms with E-state index in [1.807, 2.05) is 0 Å². The molecule has 1 N–H and O–H groups in total. The van der Waals surface area contributed by atoms with Crippen molar-refractivity contribution >= 4 is 23.2 Å². The van der Waals surface area contributed by atoms with Gasteiger partial charge in [-0.3, -0.25) is 14.5 Å². The Morgan fingerprint density at radius 3 is 2.70 bits per heavy atom. The van der Waals surface area contributed by atoms with Crippen molar-refractivity contribution in [1.29, 1.82) is 0 Å². The van der Waals surface area contributed by atoms with Crippen molar-refractivity contribution in [2.75, 3.05) is 26.2 Å². The first-order valence-electron chi connectivity index (χ1n) is 8.09. The average molecular weight is 335 g/mol. The zero-order valence-corrected chi connectivity index (χ0v) is 14.0. The number of aliphatic hydroxyl groups is 1. The number of aryl methyl sites for hydroxylation is 1. The molecule has 124 valence electrons. The summed E-state index contributed by atoms with van der Waals surface area (Å²) in [5.41, 5.74) is 1.28. The number of thiophene rings is 1. The molecule has 0 radical (unpaired) electrons. The van der Waals surface area contributed by atoms with E-state index in [4.69, 9.17) is 0 Å². The highest BCUT2D eigenvalue weighted by Crippen LogP contribution is 2.30. The molecule has 0 aromatic carbocycles. The molecule has 2 amide bonds. The van der Waals surface area contributed by atoms with E-state index in [0.29, 0.717) is 26.1 Å². The Bertz CT molecular complexity index is 646. The van der Waals surface area contributed by atoms with Gasteiger partial charge >= 0.3 is 0 Å². The fourth-order valence-corrected chi connectivity index (χ4v) is 4.85. The van der Waals surface area contributed by atoms with Gasteiger partial charge in [0.15, 0.2) is 0 Å². The molecule has 3 saturated heterocycles. The molecule has 0 bridgehead atoms. The topological polar surface area (TPSA) is 64.1 Å². The largest absolute Gasteiger partial charge is 0.391 e. The zero-order valence-electron chi connectivity index (χ0n) is 13.1. The highest BCUT2D eigenvalue weighted by Gasteiger charge is 2.51. The van der Waals surface area contributed by atoms with Crippen LogP contribution in [0.3, 0.4) is 0 Å². The molecule has 0 spiro atoms. The average Bonchev–Trinajstić information content (AvgIpc) is 3.11. The Morgan fingerprint density at radius 2 is 1.96 bits per heavy atom. The summed E-state index contributed by atoms with van der Waals surface area (Å²) in [6.45, 7) is 5.21. The Morgan fingerprint density at radius 1 is 1.17 bits per heavy atom. The first-order valence-corrected chi connectivity index (χ1v) is 8.97. The van der Waals surface area contributed by atoms with Gasteiger partial charge in [0.1, 0.15) is 12.1 Å². The Kier molecular flexibility index (Phi) is 3.66. The van der Waals surface area contributed by atoms with Gasteiger partial charge in [0, 0.05) is 44.0 Å². The number of amides is 2. The third kappa shape index (κ3) is 2.47. The van der Waals surface area contributed by atoms with Crippen LogP contribution in [0.2, 0.25) is 0 Å². The van der Waals surface area contributed by atoms with Crippen LogP contribution in [0.25, 0.3) is 0 Å². The number of rotatable bonds is 2. The maximum absolute atomic E-state index is 12.7. The van der Waals surface area contributed by atoms with Crippen LogP contribution in [0.1, 0.15) is 16.9 Å². The number of piperazine rings is 2. The van der Waals surface area contributed by atoms with Crippen LogP contribution in [-0.2, 0) is 16.1 Å². The molecule has 3 aliphatic heterocycles. The standard InChI is InChI=1S/C16H21N3O3S/c1-10-2-5-23-14(10)9-17-3-4-18-13(8-17)16(22)19-7-11(20)6-12(19)15(18)21/h2,5,11-13,20H,3-4,6-9H2,1H3/t11-,12+,13-/m1/s1. The molecule has 0 saturated carbocycles. The van der Waals surface area contributed by atoms with E-state index in [2.05, 4.69) is 23.3 Å². The number of carbonyl (C=O) groups excluding carboxylic acids is 2. The van der Waals surface area contributed by atoms with E-state index in [1.54, 1.807) is 21.1 Å². The summed E-state index contributed by atoms with van der Waals surface area (Å²) in [4.78, 5) is 32.3. The van der Waals surface area contributed by atoms with Gasteiger partial charge in [-0.15, -0.1) is 11.3 Å². The molecule has 1 aromatic rings. The zero-order chi connectivity index (χ0) is 16.1. The summed E-state index contributed by atoms with van der Waals surface area (Å²) in [6, 6.07) is 1.28. The minimum atomic E-state index is -0.570. The van der Waals surface area contributed by atoms with E-state index in [0.717, 1.165) is 13.1 Å². The highest BCUT2D eigenvalue weighted by molar-refractivity contribution is 7.10. The van der Waals surface area contributed by atoms with E-state index in [9.17, 15) is 14.7 Å². The van der Waals surface area contributed by atoms with Crippen LogP contribution in [0.5, 0.6) is 0 Å². The highest BCUT2D eigenvalue weighted by atomic mass is 32.1. The van der Waals surface area contributed by atoms with E-state index < -0.39 is 18.2 Å². The number of hydrogen-bond acceptors (Lipinski definition) is 5. The summed E-state index contributed by atoms with van der Waals surface area (Å²) in [5.74, 6) is 0.0110. The van der Waals surface area contributed by atoms with Crippen LogP contribution in [0, 0.1) is 6.92 Å². The summed E-state index contributed by atoms with van der Waals surface area (Å²) in [5, 5.41) is 11.9. The molecule has 3 fully saturated rings. The second-order valence-corrected chi connectivity index (χ2v) is 7.71. The third-order valence-corrected chi connectivity index (χ3v) is 6.22. The van der Waals surface area contributed by atoms with Crippen molar-refractivity contribution in [2.45, 2.75) is 38.1 Å². The summed E-state index contributed by atoms with van der Waals surface area (Å²) >= 11 is 1.74. The number of carbonyl (C=O) groups is 2. The lowest BCUT2D eigenvalue weighted by atomic mass is 10.0. The first-order chi connectivity index (χ1) is 11.0. The van der Waals surface area contributed by atoms with Gasteiger partial charge in [0.05, 0.1) is 6.10 Å². The van der Waals surface area contributed by atoms with Crippen molar-refractivity contribution in [1.82, 2.24) is 14.7 Å². The fraction of sp³-hybridized carbons (Fsp3) is 0.625. The van der Waals surface area contributed by atoms with Gasteiger partial charge < -0.3 is 14.9 Å². The molecule has 4 rings (SSSR count). The SMILES string of the molecule is Cc1ccsc1CN1CCN2C(=O)[C@@H]3C[C@@H](O)CN3C(=O)[C@H]2C1. The van der Waals surface area contributed by atoms with Crippen LogP contribution in [0.4, 0.5) is 0 Å². The van der Waals surface area contributed by atoms with Gasteiger partial charge in [-0.05, 0) is 23.9 Å². The molecule has 3 atom stereocenters. The molecule has 4 heterocycles. The first kappa shape index (κ1) is 15.1. The van der Waals surface area contributed by atoms with Crippen LogP contribution in [0.15, 0.2) is 11.4 Å². The maximum atomic E-state index is 12.7. The fourth-order valence-electron chi connectivity index (χ4n) is 3.90. The molecule has 0 aliphatic carbocycles. The van der Waals surface area contributed by atoms with Crippen molar-refractivity contribution in [3.8, 4) is 0 Å². The van der Waals surface area contributed by atoms with Crippen molar-refractivity contribution in [2.24, 2.45) is 0 Å². The number of aliphatic hydroxyl groups excluding tert-OH is 1. The van der Waals surface area contributed by atoms with E-state index in [1.165, 1.54) is 10.4 Å². The van der Waals surface area contributed by atoms with Gasteiger partial charge in [-0.25, -0.2) is 0 Å². The third-order valence-electron chi connectivity index (χ3n) is 5.22. The number of fused-ring (bicyclic) bond motifs is 2. The van der Waals surface area contributed by atoms with Crippen LogP contribution >= 0.6 is 11.3 Å². The van der Waals surface area contributed by atoms with E-state index in [-0.39, 0.29) is 11.8 Å². The van der Waals surface area contributed by atoms with Gasteiger partial charge in [0.2, 0.25) is 11.8 Å². The molecule has 6 nitrogen and oxygen atoms in total. The minimum Gasteiger partial charge on any atom is -0.391 e. The van der Waals surface area contributed by atoms with E-state index >= 15 is 0 Å². The lowest BCUT2D eigenvalue weighted by Gasteiger charge is -2.47. The van der Waals surface area contributed by atoms with Crippen molar-refractivity contribution in [3.05, 3.63) is 21.9 Å². The number of nitrogens with zero attached hydrogens (tertiary/aromatic N) is 3. The Labute approximate surface area is 139 Å². The van der Waals surface area contributed by atoms with Gasteiger partial charge in [-0.1, -0.05) is 0 Å².